The molecule has 4 fully saturated rings. The summed E-state index contributed by atoms with van der Waals surface area (Å²) in [6, 6.07) is 19.3. The summed E-state index contributed by atoms with van der Waals surface area (Å²) < 4.78 is 6.25. The molecule has 0 N–H and O–H groups in total. The molecule has 4 heterocycles. The number of ether oxygens (including phenoxy) is 1. The summed E-state index contributed by atoms with van der Waals surface area (Å²) in [6.45, 7) is 5.72. The molecule has 2 aromatic carbocycles. The van der Waals surface area contributed by atoms with E-state index < -0.39 is 0 Å². The minimum absolute atomic E-state index is 0. The average Bonchev–Trinajstić information content (AvgIpc) is 3.26. The summed E-state index contributed by atoms with van der Waals surface area (Å²) in [5.74, 6) is 0.723. The zero-order chi connectivity index (χ0) is 23.3. The Morgan fingerprint density at radius 1 is 1.00 bits per heavy atom. The molecule has 4 aliphatic rings. The summed E-state index contributed by atoms with van der Waals surface area (Å²) in [5.41, 5.74) is 1.81. The minimum Gasteiger partial charge on any atom is -1.00 e. The molecule has 0 saturated carbocycles. The van der Waals surface area contributed by atoms with Crippen LogP contribution in [0, 0.1) is 5.92 Å². The molecule has 6 rings (SSSR count). The number of para-hydroxylation sites is 1. The first kappa shape index (κ1) is 25.9. The molecule has 2 bridgehead atoms. The van der Waals surface area contributed by atoms with E-state index in [-0.39, 0.29) is 36.2 Å². The predicted molar refractivity (Wildman–Crippen MR) is 127 cm³/mol. The lowest BCUT2D eigenvalue weighted by Crippen LogP contribution is -3.00. The Bertz CT molecular complexity index is 975. The number of rotatable bonds is 5. The van der Waals surface area contributed by atoms with Crippen molar-refractivity contribution in [1.29, 1.82) is 0 Å². The summed E-state index contributed by atoms with van der Waals surface area (Å²) in [6.07, 6.45) is 3.80. The molecule has 0 radical (unpaired) electrons. The normalized spacial score (nSPS) is 25.1. The zero-order valence-corrected chi connectivity index (χ0v) is 20.5. The van der Waals surface area contributed by atoms with E-state index in [1.165, 1.54) is 6.92 Å². The molecule has 4 aliphatic heterocycles. The van der Waals surface area contributed by atoms with Crippen molar-refractivity contribution >= 4 is 23.3 Å². The van der Waals surface area contributed by atoms with Crippen LogP contribution in [0.3, 0.4) is 0 Å². The van der Waals surface area contributed by atoms with Crippen molar-refractivity contribution in [1.82, 2.24) is 0 Å². The van der Waals surface area contributed by atoms with Crippen molar-refractivity contribution in [2.24, 2.45) is 5.92 Å². The molecule has 4 saturated heterocycles. The van der Waals surface area contributed by atoms with Gasteiger partial charge in [-0.1, -0.05) is 48.5 Å². The molecule has 7 heteroatoms. The lowest BCUT2D eigenvalue weighted by atomic mass is 9.83. The molecule has 0 aliphatic carbocycles. The van der Waals surface area contributed by atoms with Gasteiger partial charge < -0.3 is 26.5 Å². The first-order valence-electron chi connectivity index (χ1n) is 11.9. The van der Waals surface area contributed by atoms with Gasteiger partial charge in [0, 0.05) is 49.9 Å². The quantitative estimate of drug-likeness (QED) is 0.359. The predicted octanol–water partition coefficient (Wildman–Crippen LogP) is 0.859. The van der Waals surface area contributed by atoms with Gasteiger partial charge in [0.25, 0.3) is 0 Å². The molecule has 0 aromatic heterocycles. The van der Waals surface area contributed by atoms with Gasteiger partial charge in [-0.25, -0.2) is 0 Å². The Morgan fingerprint density at radius 2 is 1.62 bits per heavy atom. The second-order valence-electron chi connectivity index (χ2n) is 9.39. The molecule has 2 aromatic rings. The Kier molecular flexibility index (Phi) is 8.86. The number of halogens is 1. The van der Waals surface area contributed by atoms with Gasteiger partial charge in [0.05, 0.1) is 13.1 Å². The average molecular weight is 485 g/mol. The molecule has 1 atom stereocenters. The molecule has 34 heavy (non-hydrogen) atoms. The second-order valence-corrected chi connectivity index (χ2v) is 9.39. The van der Waals surface area contributed by atoms with Gasteiger partial charge in [-0.15, -0.1) is 0 Å². The maximum Gasteiger partial charge on any atom is 0.303 e. The first-order chi connectivity index (χ1) is 16.0. The molecule has 6 nitrogen and oxygen atoms in total. The molecule has 1 amide bonds. The van der Waals surface area contributed by atoms with Gasteiger partial charge in [0.1, 0.15) is 13.1 Å². The third-order valence-corrected chi connectivity index (χ3v) is 7.07. The summed E-state index contributed by atoms with van der Waals surface area (Å²) in [5, 5.41) is 0. The van der Waals surface area contributed by atoms with Gasteiger partial charge in [-0.05, 0) is 18.6 Å². The maximum atomic E-state index is 12.5. The van der Waals surface area contributed by atoms with Crippen LogP contribution in [0.1, 0.15) is 43.0 Å². The maximum absolute atomic E-state index is 12.5. The second kappa shape index (κ2) is 11.6. The Hall–Kier alpha value is -2.70. The fraction of sp³-hybridized carbons (Fsp3) is 0.444. The van der Waals surface area contributed by atoms with Crippen LogP contribution in [0.2, 0.25) is 0 Å². The fourth-order valence-corrected chi connectivity index (χ4v) is 5.34. The standard InChI is InChI=1S/C17H22NO3.C10H11NO.ClH/c1-13(19)21-17-12-18(9-7-15(17)8-10-18)11-16(20)14-5-3-2-4-6-14;12-10-7-4-8-11(10)9-5-2-1-3-6-9;/h2-6,15,17H,7-12H2,1H3;1-3,5-6H,4,7-8H2;1H/q+1;;/p-1/t15?,17-,18?;;/m0../s1. The smallest absolute Gasteiger partial charge is 0.303 e. The van der Waals surface area contributed by atoms with E-state index >= 15 is 0 Å². The minimum atomic E-state index is -0.207. The summed E-state index contributed by atoms with van der Waals surface area (Å²) >= 11 is 0. The third kappa shape index (κ3) is 6.24. The highest BCUT2D eigenvalue weighted by Crippen LogP contribution is 2.35. The number of anilines is 1. The van der Waals surface area contributed by atoms with Crippen LogP contribution in [0.5, 0.6) is 0 Å². The Labute approximate surface area is 207 Å². The number of carbonyl (C=O) groups is 3. The van der Waals surface area contributed by atoms with Crippen LogP contribution in [-0.4, -0.2) is 61.0 Å². The van der Waals surface area contributed by atoms with Crippen molar-refractivity contribution in [3.63, 3.8) is 0 Å². The van der Waals surface area contributed by atoms with Gasteiger partial charge in [0.15, 0.2) is 6.10 Å². The van der Waals surface area contributed by atoms with Gasteiger partial charge in [-0.2, -0.15) is 0 Å². The number of esters is 1. The van der Waals surface area contributed by atoms with Crippen LogP contribution in [0.15, 0.2) is 60.7 Å². The lowest BCUT2D eigenvalue weighted by Gasteiger charge is -2.51. The molecule has 182 valence electrons. The van der Waals surface area contributed by atoms with Gasteiger partial charge >= 0.3 is 5.97 Å². The Balaban J connectivity index is 0.000000212. The van der Waals surface area contributed by atoms with Crippen LogP contribution in [0.25, 0.3) is 0 Å². The topological polar surface area (TPSA) is 63.7 Å². The van der Waals surface area contributed by atoms with Gasteiger partial charge in [0.2, 0.25) is 11.7 Å². The van der Waals surface area contributed by atoms with E-state index in [9.17, 15) is 14.4 Å². The highest BCUT2D eigenvalue weighted by atomic mass is 35.5. The highest BCUT2D eigenvalue weighted by molar-refractivity contribution is 5.97. The molecule has 0 unspecified atom stereocenters. The number of hydrogen-bond donors (Lipinski definition) is 0. The van der Waals surface area contributed by atoms with Crippen molar-refractivity contribution in [2.75, 3.05) is 37.6 Å². The van der Waals surface area contributed by atoms with E-state index in [1.54, 1.807) is 0 Å². The summed E-state index contributed by atoms with van der Waals surface area (Å²) in [7, 11) is 0. The van der Waals surface area contributed by atoms with Crippen LogP contribution in [-0.2, 0) is 14.3 Å². The van der Waals surface area contributed by atoms with Gasteiger partial charge in [-0.3, -0.25) is 14.4 Å². The molecule has 0 spiro atoms. The number of ketones is 1. The van der Waals surface area contributed by atoms with Crippen LogP contribution < -0.4 is 17.3 Å². The van der Waals surface area contributed by atoms with E-state index in [4.69, 9.17) is 4.74 Å². The highest BCUT2D eigenvalue weighted by Gasteiger charge is 2.48. The number of benzene rings is 2. The first-order valence-corrected chi connectivity index (χ1v) is 11.9. The molecular formula is C27H33ClN2O4. The Morgan fingerprint density at radius 3 is 2.18 bits per heavy atom. The van der Waals surface area contributed by atoms with Crippen molar-refractivity contribution in [2.45, 2.75) is 38.7 Å². The zero-order valence-electron chi connectivity index (χ0n) is 19.7. The van der Waals surface area contributed by atoms with E-state index in [0.717, 1.165) is 61.2 Å². The molecular weight excluding hydrogens is 452 g/mol. The number of nitrogens with zero attached hydrogens (tertiary/aromatic N) is 2. The van der Waals surface area contributed by atoms with Crippen molar-refractivity contribution < 1.29 is 36.0 Å². The number of amides is 1. The number of carbonyl (C=O) groups excluding carboxylic acids is 3. The van der Waals surface area contributed by atoms with Crippen LogP contribution in [0.4, 0.5) is 5.69 Å². The number of quaternary nitrogens is 1. The number of fused-ring (bicyclic) bond motifs is 3. The SMILES string of the molecule is CC(=O)O[C@H]1C[N+]2(CC(=O)c3ccccc3)CCC1CC2.O=C1CCCN1c1ccccc1.[Cl-]. The monoisotopic (exact) mass is 484 g/mol. The lowest BCUT2D eigenvalue weighted by molar-refractivity contribution is -0.938. The van der Waals surface area contributed by atoms with Crippen LogP contribution >= 0.6 is 0 Å². The van der Waals surface area contributed by atoms with Crippen molar-refractivity contribution in [3.8, 4) is 0 Å². The number of Topliss-reactive ketones (excluding diaryl/α,β-unsaturated/α-hetero) is 1. The number of piperidine rings is 3. The fourth-order valence-electron chi connectivity index (χ4n) is 5.34. The third-order valence-electron chi connectivity index (χ3n) is 7.07. The summed E-state index contributed by atoms with van der Waals surface area (Å²) in [4.78, 5) is 36.9. The van der Waals surface area contributed by atoms with E-state index in [2.05, 4.69) is 0 Å². The number of hydrogen-bond acceptors (Lipinski definition) is 4. The van der Waals surface area contributed by atoms with E-state index in [0.29, 0.717) is 18.9 Å². The van der Waals surface area contributed by atoms with Crippen molar-refractivity contribution in [3.05, 3.63) is 66.2 Å². The largest absolute Gasteiger partial charge is 1.00 e. The van der Waals surface area contributed by atoms with E-state index in [1.807, 2.05) is 65.6 Å².